The van der Waals surface area contributed by atoms with Gasteiger partial charge in [-0.25, -0.2) is 9.07 Å². The van der Waals surface area contributed by atoms with Crippen LogP contribution in [0, 0.1) is 5.82 Å². The van der Waals surface area contributed by atoms with Crippen LogP contribution < -0.4 is 4.80 Å². The fourth-order valence-corrected chi connectivity index (χ4v) is 3.47. The Morgan fingerprint density at radius 2 is 1.81 bits per heavy atom. The third-order valence-electron chi connectivity index (χ3n) is 3.74. The lowest BCUT2D eigenvalue weighted by Gasteiger charge is -2.08. The van der Waals surface area contributed by atoms with Crippen LogP contribution in [0.25, 0.3) is 11.3 Å². The van der Waals surface area contributed by atoms with Gasteiger partial charge in [0.15, 0.2) is 0 Å². The van der Waals surface area contributed by atoms with E-state index in [9.17, 15) is 9.50 Å². The smallest absolute Gasteiger partial charge is 0.206 e. The molecule has 0 aliphatic rings. The topological polar surface area (TPSA) is 49.9 Å². The van der Waals surface area contributed by atoms with E-state index in [1.54, 1.807) is 28.9 Å². The van der Waals surface area contributed by atoms with Crippen LogP contribution in [0.5, 0.6) is 5.75 Å². The molecule has 0 amide bonds. The zero-order valence-corrected chi connectivity index (χ0v) is 15.7. The van der Waals surface area contributed by atoms with E-state index in [-0.39, 0.29) is 17.6 Å². The minimum atomic E-state index is -0.281. The molecule has 0 radical (unpaired) electrons. The predicted molar refractivity (Wildman–Crippen MR) is 104 cm³/mol. The summed E-state index contributed by atoms with van der Waals surface area (Å²) in [6, 6.07) is 13.5. The van der Waals surface area contributed by atoms with Gasteiger partial charge in [0, 0.05) is 22.5 Å². The van der Waals surface area contributed by atoms with Crippen LogP contribution in [-0.2, 0) is 0 Å². The van der Waals surface area contributed by atoms with E-state index in [2.05, 4.69) is 4.99 Å². The van der Waals surface area contributed by atoms with Crippen molar-refractivity contribution >= 4 is 17.0 Å². The van der Waals surface area contributed by atoms with Crippen molar-refractivity contribution in [2.45, 2.75) is 26.8 Å². The highest BCUT2D eigenvalue weighted by molar-refractivity contribution is 7.07. The normalized spacial score (nSPS) is 12.8. The number of hydrogen-bond donors (Lipinski definition) is 1. The monoisotopic (exact) mass is 369 g/mol. The van der Waals surface area contributed by atoms with Crippen LogP contribution in [0.3, 0.4) is 0 Å². The molecule has 1 N–H and O–H groups in total. The Balaban J connectivity index is 2.18. The Kier molecular flexibility index (Phi) is 5.32. The number of hydrogen-bond acceptors (Lipinski definition) is 4. The van der Waals surface area contributed by atoms with Crippen molar-refractivity contribution in [2.24, 2.45) is 10.1 Å². The van der Waals surface area contributed by atoms with E-state index in [1.807, 2.05) is 38.3 Å². The van der Waals surface area contributed by atoms with Gasteiger partial charge < -0.3 is 5.11 Å². The van der Waals surface area contributed by atoms with Crippen molar-refractivity contribution < 1.29 is 9.50 Å². The molecule has 3 aromatic rings. The van der Waals surface area contributed by atoms with Crippen molar-refractivity contribution in [3.63, 3.8) is 0 Å². The predicted octanol–water partition coefficient (Wildman–Crippen LogP) is 4.64. The molecule has 3 rings (SSSR count). The molecule has 0 spiro atoms. The number of nitrogens with zero attached hydrogens (tertiary/aromatic N) is 3. The average molecular weight is 369 g/mol. The molecule has 0 saturated carbocycles. The lowest BCUT2D eigenvalue weighted by Crippen LogP contribution is -2.16. The van der Waals surface area contributed by atoms with E-state index in [0.29, 0.717) is 11.3 Å². The summed E-state index contributed by atoms with van der Waals surface area (Å²) in [5, 5.41) is 16.7. The number of halogens is 1. The van der Waals surface area contributed by atoms with Gasteiger partial charge in [-0.1, -0.05) is 12.1 Å². The van der Waals surface area contributed by atoms with Gasteiger partial charge in [-0.2, -0.15) is 5.10 Å². The van der Waals surface area contributed by atoms with Gasteiger partial charge in [0.05, 0.1) is 11.4 Å². The zero-order chi connectivity index (χ0) is 18.7. The Labute approximate surface area is 155 Å². The summed E-state index contributed by atoms with van der Waals surface area (Å²) in [7, 11) is 0. The summed E-state index contributed by atoms with van der Waals surface area (Å²) in [5.74, 6) is -0.105. The van der Waals surface area contributed by atoms with Gasteiger partial charge in [0.25, 0.3) is 0 Å². The first-order chi connectivity index (χ1) is 12.5. The Morgan fingerprint density at radius 1 is 1.12 bits per heavy atom. The van der Waals surface area contributed by atoms with Crippen LogP contribution in [0.4, 0.5) is 4.39 Å². The molecule has 26 heavy (non-hydrogen) atoms. The van der Waals surface area contributed by atoms with Gasteiger partial charge in [0.1, 0.15) is 11.6 Å². The fraction of sp³-hybridized carbons (Fsp3) is 0.200. The van der Waals surface area contributed by atoms with Gasteiger partial charge in [-0.05, 0) is 57.2 Å². The number of aromatic nitrogens is 1. The largest absolute Gasteiger partial charge is 0.507 e. The summed E-state index contributed by atoms with van der Waals surface area (Å²) >= 11 is 1.48. The summed E-state index contributed by atoms with van der Waals surface area (Å²) in [5.41, 5.74) is 2.99. The van der Waals surface area contributed by atoms with Crippen molar-refractivity contribution in [1.29, 1.82) is 0 Å². The molecule has 1 aromatic heterocycles. The quantitative estimate of drug-likeness (QED) is 0.669. The van der Waals surface area contributed by atoms with Gasteiger partial charge in [0.2, 0.25) is 4.80 Å². The number of aromatic hydroxyl groups is 1. The Bertz CT molecular complexity index is 1000. The molecule has 6 heteroatoms. The molecule has 0 bridgehead atoms. The van der Waals surface area contributed by atoms with Gasteiger partial charge in [-0.3, -0.25) is 4.99 Å². The molecule has 4 nitrogen and oxygen atoms in total. The second-order valence-corrected chi connectivity index (χ2v) is 6.98. The molecular weight excluding hydrogens is 349 g/mol. The zero-order valence-electron chi connectivity index (χ0n) is 14.8. The van der Waals surface area contributed by atoms with Crippen LogP contribution >= 0.6 is 11.3 Å². The van der Waals surface area contributed by atoms with Crippen molar-refractivity contribution in [1.82, 2.24) is 4.68 Å². The van der Waals surface area contributed by atoms with E-state index in [1.165, 1.54) is 23.5 Å². The van der Waals surface area contributed by atoms with Crippen LogP contribution in [0.2, 0.25) is 0 Å². The van der Waals surface area contributed by atoms with E-state index in [0.717, 1.165) is 16.1 Å². The Morgan fingerprint density at radius 3 is 2.46 bits per heavy atom. The molecule has 0 fully saturated rings. The standard InChI is InChI=1S/C20H20FN3OS/c1-13(2)22-20-24(23-14(3)17-6-4-5-7-19(17)25)18(12-26-20)15-8-10-16(21)11-9-15/h4-13,25H,1-3H3. The third-order valence-corrected chi connectivity index (χ3v) is 4.57. The number of para-hydroxylation sites is 1. The highest BCUT2D eigenvalue weighted by atomic mass is 32.1. The first-order valence-corrected chi connectivity index (χ1v) is 9.18. The first kappa shape index (κ1) is 18.1. The minimum Gasteiger partial charge on any atom is -0.507 e. The van der Waals surface area contributed by atoms with Gasteiger partial charge >= 0.3 is 0 Å². The highest BCUT2D eigenvalue weighted by Gasteiger charge is 2.10. The molecular formula is C20H20FN3OS. The first-order valence-electron chi connectivity index (χ1n) is 8.30. The molecule has 0 atom stereocenters. The molecule has 0 aliphatic heterocycles. The summed E-state index contributed by atoms with van der Waals surface area (Å²) in [6.07, 6.45) is 0. The number of thiazole rings is 1. The maximum atomic E-state index is 13.3. The van der Waals surface area contributed by atoms with Crippen molar-refractivity contribution in [3.05, 3.63) is 70.1 Å². The molecule has 0 aliphatic carbocycles. The number of benzene rings is 2. The lowest BCUT2D eigenvalue weighted by molar-refractivity contribution is 0.474. The minimum absolute atomic E-state index is 0.113. The number of phenolic OH excluding ortho intramolecular Hbond substituents is 1. The second-order valence-electron chi connectivity index (χ2n) is 6.15. The van der Waals surface area contributed by atoms with Crippen LogP contribution in [0.1, 0.15) is 26.3 Å². The maximum Gasteiger partial charge on any atom is 0.206 e. The summed E-state index contributed by atoms with van der Waals surface area (Å²) in [4.78, 5) is 5.37. The molecule has 1 heterocycles. The Hall–Kier alpha value is -2.73. The highest BCUT2D eigenvalue weighted by Crippen LogP contribution is 2.22. The number of phenols is 1. The summed E-state index contributed by atoms with van der Waals surface area (Å²) < 4.78 is 15.0. The van der Waals surface area contributed by atoms with E-state index >= 15 is 0 Å². The third kappa shape index (κ3) is 3.91. The fourth-order valence-electron chi connectivity index (χ4n) is 2.51. The van der Waals surface area contributed by atoms with Crippen molar-refractivity contribution in [3.8, 4) is 17.0 Å². The lowest BCUT2D eigenvalue weighted by atomic mass is 10.1. The molecule has 0 saturated heterocycles. The second kappa shape index (κ2) is 7.66. The SMILES string of the molecule is CC(=Nn1c(-c2ccc(F)cc2)csc1=NC(C)C)c1ccccc1O. The molecule has 134 valence electrons. The van der Waals surface area contributed by atoms with E-state index < -0.39 is 0 Å². The van der Waals surface area contributed by atoms with Gasteiger partial charge in [-0.15, -0.1) is 11.3 Å². The maximum absolute atomic E-state index is 13.3. The summed E-state index contributed by atoms with van der Waals surface area (Å²) in [6.45, 7) is 5.84. The average Bonchev–Trinajstić information content (AvgIpc) is 2.97. The van der Waals surface area contributed by atoms with Crippen molar-refractivity contribution in [2.75, 3.05) is 0 Å². The van der Waals surface area contributed by atoms with E-state index in [4.69, 9.17) is 5.10 Å². The molecule has 0 unspecified atom stereocenters. The molecule has 2 aromatic carbocycles. The van der Waals surface area contributed by atoms with Crippen LogP contribution in [-0.4, -0.2) is 21.5 Å². The number of rotatable bonds is 4. The van der Waals surface area contributed by atoms with Crippen LogP contribution in [0.15, 0.2) is 64.0 Å².